The summed E-state index contributed by atoms with van der Waals surface area (Å²) in [6.45, 7) is 4.58. The van der Waals surface area contributed by atoms with Gasteiger partial charge in [0, 0.05) is 25.0 Å². The molecule has 2 atom stereocenters. The fourth-order valence-corrected chi connectivity index (χ4v) is 2.29. The second kappa shape index (κ2) is 7.29. The highest BCUT2D eigenvalue weighted by Crippen LogP contribution is 2.23. The van der Waals surface area contributed by atoms with Crippen molar-refractivity contribution in [1.29, 1.82) is 5.26 Å². The minimum Gasteiger partial charge on any atom is -0.354 e. The van der Waals surface area contributed by atoms with Gasteiger partial charge in [-0.3, -0.25) is 4.79 Å². The first-order valence-electron chi connectivity index (χ1n) is 6.56. The lowest BCUT2D eigenvalue weighted by Crippen LogP contribution is -2.40. The molecule has 0 aromatic carbocycles. The van der Waals surface area contributed by atoms with E-state index in [1.165, 1.54) is 6.42 Å². The maximum absolute atomic E-state index is 11.4. The fraction of sp³-hybridized carbons (Fsp3) is 0.846. The predicted molar refractivity (Wildman–Crippen MR) is 67.3 cm³/mol. The van der Waals surface area contributed by atoms with Crippen LogP contribution in [0.5, 0.6) is 0 Å². The molecule has 1 aliphatic carbocycles. The highest BCUT2D eigenvalue weighted by atomic mass is 16.1. The number of hydrogen-bond donors (Lipinski definition) is 2. The third-order valence-electron chi connectivity index (χ3n) is 3.14. The third kappa shape index (κ3) is 5.18. The van der Waals surface area contributed by atoms with Gasteiger partial charge in [-0.05, 0) is 26.7 Å². The van der Waals surface area contributed by atoms with Gasteiger partial charge in [0.25, 0.3) is 0 Å². The Morgan fingerprint density at radius 3 is 2.76 bits per heavy atom. The first kappa shape index (κ1) is 14.0. The van der Waals surface area contributed by atoms with Crippen LogP contribution < -0.4 is 10.6 Å². The molecule has 2 unspecified atom stereocenters. The van der Waals surface area contributed by atoms with Crippen LogP contribution in [0.3, 0.4) is 0 Å². The van der Waals surface area contributed by atoms with E-state index in [2.05, 4.69) is 16.7 Å². The Kier molecular flexibility index (Phi) is 5.99. The normalized spacial score (nSPS) is 24.4. The topological polar surface area (TPSA) is 64.9 Å². The zero-order chi connectivity index (χ0) is 12.7. The lowest BCUT2D eigenvalue weighted by molar-refractivity contribution is -0.121. The molecule has 96 valence electrons. The molecule has 1 aliphatic rings. The summed E-state index contributed by atoms with van der Waals surface area (Å²) in [4.78, 5) is 11.4. The summed E-state index contributed by atoms with van der Waals surface area (Å²) < 4.78 is 0. The number of nitrogens with one attached hydrogen (secondary N) is 2. The summed E-state index contributed by atoms with van der Waals surface area (Å²) in [5, 5.41) is 15.2. The quantitative estimate of drug-likeness (QED) is 0.763. The minimum atomic E-state index is 0.0804. The Bertz CT molecular complexity index is 283. The molecule has 0 saturated heterocycles. The van der Waals surface area contributed by atoms with Crippen LogP contribution >= 0.6 is 0 Å². The van der Waals surface area contributed by atoms with Crippen molar-refractivity contribution in [3.05, 3.63) is 0 Å². The van der Waals surface area contributed by atoms with Gasteiger partial charge in [0.05, 0.1) is 12.0 Å². The van der Waals surface area contributed by atoms with E-state index in [0.29, 0.717) is 13.0 Å². The average Bonchev–Trinajstić information content (AvgIpc) is 2.28. The molecule has 1 rings (SSSR count). The van der Waals surface area contributed by atoms with Gasteiger partial charge < -0.3 is 10.6 Å². The zero-order valence-corrected chi connectivity index (χ0v) is 10.8. The largest absolute Gasteiger partial charge is 0.354 e. The molecule has 0 aromatic heterocycles. The van der Waals surface area contributed by atoms with Crippen molar-refractivity contribution in [2.45, 2.75) is 58.0 Å². The summed E-state index contributed by atoms with van der Waals surface area (Å²) in [5.41, 5.74) is 0. The number of hydrogen-bond acceptors (Lipinski definition) is 3. The minimum absolute atomic E-state index is 0.0804. The highest BCUT2D eigenvalue weighted by molar-refractivity contribution is 5.76. The molecule has 1 amide bonds. The fourth-order valence-electron chi connectivity index (χ4n) is 2.29. The van der Waals surface area contributed by atoms with Gasteiger partial charge in [0.1, 0.15) is 0 Å². The van der Waals surface area contributed by atoms with E-state index in [1.807, 2.05) is 13.8 Å². The average molecular weight is 237 g/mol. The number of carbonyl (C=O) groups excluding carboxylic acids is 1. The summed E-state index contributed by atoms with van der Waals surface area (Å²) in [5.74, 6) is 0.203. The van der Waals surface area contributed by atoms with Gasteiger partial charge in [-0.15, -0.1) is 0 Å². The van der Waals surface area contributed by atoms with E-state index >= 15 is 0 Å². The number of amides is 1. The molecule has 1 saturated carbocycles. The predicted octanol–water partition coefficient (Wildman–Crippen LogP) is 1.57. The van der Waals surface area contributed by atoms with Crippen molar-refractivity contribution in [2.24, 2.45) is 5.92 Å². The molecule has 0 spiro atoms. The smallest absolute Gasteiger partial charge is 0.221 e. The van der Waals surface area contributed by atoms with Crippen molar-refractivity contribution in [3.63, 3.8) is 0 Å². The second-order valence-corrected chi connectivity index (χ2v) is 5.05. The molecule has 0 heterocycles. The van der Waals surface area contributed by atoms with Crippen LogP contribution in [0.15, 0.2) is 0 Å². The van der Waals surface area contributed by atoms with Crippen molar-refractivity contribution in [1.82, 2.24) is 10.6 Å². The van der Waals surface area contributed by atoms with Gasteiger partial charge in [0.15, 0.2) is 0 Å². The van der Waals surface area contributed by atoms with E-state index in [-0.39, 0.29) is 23.9 Å². The van der Waals surface area contributed by atoms with Crippen LogP contribution in [0.1, 0.15) is 46.0 Å². The van der Waals surface area contributed by atoms with Crippen molar-refractivity contribution >= 4 is 5.91 Å². The molecule has 4 nitrogen and oxygen atoms in total. The second-order valence-electron chi connectivity index (χ2n) is 5.05. The number of carbonyl (C=O) groups is 1. The first-order chi connectivity index (χ1) is 8.13. The van der Waals surface area contributed by atoms with E-state index in [0.717, 1.165) is 19.3 Å². The summed E-state index contributed by atoms with van der Waals surface area (Å²) in [7, 11) is 0. The van der Waals surface area contributed by atoms with Crippen LogP contribution in [-0.2, 0) is 4.79 Å². The monoisotopic (exact) mass is 237 g/mol. The maximum atomic E-state index is 11.4. The SMILES string of the molecule is CC(C)NC(=O)CCNC1CCCCC1C#N. The van der Waals surface area contributed by atoms with Crippen LogP contribution in [0, 0.1) is 17.2 Å². The molecule has 17 heavy (non-hydrogen) atoms. The van der Waals surface area contributed by atoms with Crippen molar-refractivity contribution in [2.75, 3.05) is 6.54 Å². The van der Waals surface area contributed by atoms with E-state index in [4.69, 9.17) is 5.26 Å². The number of nitriles is 1. The zero-order valence-electron chi connectivity index (χ0n) is 10.8. The van der Waals surface area contributed by atoms with Crippen LogP contribution in [0.25, 0.3) is 0 Å². The lowest BCUT2D eigenvalue weighted by Gasteiger charge is -2.27. The van der Waals surface area contributed by atoms with Crippen molar-refractivity contribution < 1.29 is 4.79 Å². The summed E-state index contributed by atoms with van der Waals surface area (Å²) >= 11 is 0. The van der Waals surface area contributed by atoms with Gasteiger partial charge in [-0.25, -0.2) is 0 Å². The Morgan fingerprint density at radius 2 is 2.12 bits per heavy atom. The molecule has 2 N–H and O–H groups in total. The Hall–Kier alpha value is -1.08. The first-order valence-corrected chi connectivity index (χ1v) is 6.56. The summed E-state index contributed by atoms with van der Waals surface area (Å²) in [6, 6.07) is 2.84. The Balaban J connectivity index is 2.21. The summed E-state index contributed by atoms with van der Waals surface area (Å²) in [6.07, 6.45) is 4.89. The third-order valence-corrected chi connectivity index (χ3v) is 3.14. The molecule has 0 aliphatic heterocycles. The van der Waals surface area contributed by atoms with Crippen molar-refractivity contribution in [3.8, 4) is 6.07 Å². The number of rotatable bonds is 5. The molecule has 1 fully saturated rings. The molecular weight excluding hydrogens is 214 g/mol. The lowest BCUT2D eigenvalue weighted by atomic mass is 9.85. The van der Waals surface area contributed by atoms with E-state index in [1.54, 1.807) is 0 Å². The highest BCUT2D eigenvalue weighted by Gasteiger charge is 2.24. The molecule has 0 aromatic rings. The Labute approximate surface area is 104 Å². The van der Waals surface area contributed by atoms with E-state index < -0.39 is 0 Å². The van der Waals surface area contributed by atoms with Gasteiger partial charge >= 0.3 is 0 Å². The van der Waals surface area contributed by atoms with E-state index in [9.17, 15) is 4.79 Å². The molecular formula is C13H23N3O. The van der Waals surface area contributed by atoms with Gasteiger partial charge in [-0.1, -0.05) is 12.8 Å². The van der Waals surface area contributed by atoms with Crippen LogP contribution in [0.4, 0.5) is 0 Å². The molecule has 4 heteroatoms. The molecule has 0 bridgehead atoms. The standard InChI is InChI=1S/C13H23N3O/c1-10(2)16-13(17)7-8-15-12-6-4-3-5-11(12)9-14/h10-12,15H,3-8H2,1-2H3,(H,16,17). The molecule has 0 radical (unpaired) electrons. The van der Waals surface area contributed by atoms with Gasteiger partial charge in [-0.2, -0.15) is 5.26 Å². The van der Waals surface area contributed by atoms with Gasteiger partial charge in [0.2, 0.25) is 5.91 Å². The number of nitrogens with zero attached hydrogens (tertiary/aromatic N) is 1. The van der Waals surface area contributed by atoms with Crippen LogP contribution in [0.2, 0.25) is 0 Å². The van der Waals surface area contributed by atoms with Crippen LogP contribution in [-0.4, -0.2) is 24.5 Å². The maximum Gasteiger partial charge on any atom is 0.221 e. The Morgan fingerprint density at radius 1 is 1.41 bits per heavy atom.